The summed E-state index contributed by atoms with van der Waals surface area (Å²) >= 11 is 9.63. The van der Waals surface area contributed by atoms with E-state index < -0.39 is 0 Å². The molecule has 17 heavy (non-hydrogen) atoms. The lowest BCUT2D eigenvalue weighted by atomic mass is 10.0. The van der Waals surface area contributed by atoms with Crippen molar-refractivity contribution in [3.8, 4) is 0 Å². The van der Waals surface area contributed by atoms with Gasteiger partial charge in [-0.3, -0.25) is 0 Å². The highest BCUT2D eigenvalue weighted by Gasteiger charge is 2.22. The Morgan fingerprint density at radius 2 is 2.35 bits per heavy atom. The standard InChI is InChI=1S/C13H15BrClNO/c1-2-16-13(12-4-3-7-17-12)10-8-9(15)5-6-11(10)14/h4-6,8,13,16H,2-3,7H2,1H3. The summed E-state index contributed by atoms with van der Waals surface area (Å²) in [6, 6.07) is 5.90. The Morgan fingerprint density at radius 1 is 1.53 bits per heavy atom. The SMILES string of the molecule is CCNC(C1=CCCO1)c1cc(Cl)ccc1Br. The molecule has 92 valence electrons. The van der Waals surface area contributed by atoms with E-state index in [0.29, 0.717) is 0 Å². The maximum absolute atomic E-state index is 6.06. The number of rotatable bonds is 4. The van der Waals surface area contributed by atoms with Crippen LogP contribution in [-0.2, 0) is 4.74 Å². The molecule has 0 radical (unpaired) electrons. The molecule has 0 amide bonds. The van der Waals surface area contributed by atoms with Crippen LogP contribution in [0.15, 0.2) is 34.5 Å². The average Bonchev–Trinajstić information content (AvgIpc) is 2.83. The van der Waals surface area contributed by atoms with Crippen LogP contribution in [0.4, 0.5) is 0 Å². The quantitative estimate of drug-likeness (QED) is 0.904. The minimum Gasteiger partial charge on any atom is -0.496 e. The summed E-state index contributed by atoms with van der Waals surface area (Å²) in [5, 5.41) is 4.17. The molecule has 0 saturated heterocycles. The smallest absolute Gasteiger partial charge is 0.114 e. The zero-order valence-electron chi connectivity index (χ0n) is 9.67. The molecule has 1 aromatic carbocycles. The van der Waals surface area contributed by atoms with Gasteiger partial charge in [-0.2, -0.15) is 0 Å². The molecule has 1 aliphatic rings. The summed E-state index contributed by atoms with van der Waals surface area (Å²) in [5.74, 6) is 0.995. The molecule has 4 heteroatoms. The molecule has 1 heterocycles. The van der Waals surface area contributed by atoms with Gasteiger partial charge in [-0.15, -0.1) is 0 Å². The fraction of sp³-hybridized carbons (Fsp3) is 0.385. The van der Waals surface area contributed by atoms with Crippen LogP contribution in [0.2, 0.25) is 5.02 Å². The van der Waals surface area contributed by atoms with Gasteiger partial charge in [0, 0.05) is 15.9 Å². The molecule has 1 N–H and O–H groups in total. The Hall–Kier alpha value is -0.510. The van der Waals surface area contributed by atoms with Crippen molar-refractivity contribution in [3.63, 3.8) is 0 Å². The summed E-state index contributed by atoms with van der Waals surface area (Å²) in [6.45, 7) is 3.74. The van der Waals surface area contributed by atoms with Crippen LogP contribution >= 0.6 is 27.5 Å². The largest absolute Gasteiger partial charge is 0.496 e. The maximum atomic E-state index is 6.06. The average molecular weight is 317 g/mol. The summed E-state index contributed by atoms with van der Waals surface area (Å²) in [7, 11) is 0. The normalized spacial score (nSPS) is 16.5. The van der Waals surface area contributed by atoms with E-state index in [1.54, 1.807) is 0 Å². The molecular weight excluding hydrogens is 302 g/mol. The van der Waals surface area contributed by atoms with Gasteiger partial charge in [0.1, 0.15) is 5.76 Å². The van der Waals surface area contributed by atoms with Crippen molar-refractivity contribution in [2.75, 3.05) is 13.2 Å². The summed E-state index contributed by atoms with van der Waals surface area (Å²) in [6.07, 6.45) is 3.12. The van der Waals surface area contributed by atoms with Gasteiger partial charge >= 0.3 is 0 Å². The van der Waals surface area contributed by atoms with Gasteiger partial charge in [0.2, 0.25) is 0 Å². The molecule has 2 nitrogen and oxygen atoms in total. The first-order chi connectivity index (χ1) is 8.22. The van der Waals surface area contributed by atoms with Gasteiger partial charge in [0.15, 0.2) is 0 Å². The van der Waals surface area contributed by atoms with Gasteiger partial charge in [-0.1, -0.05) is 34.5 Å². The molecule has 1 atom stereocenters. The third-order valence-corrected chi connectivity index (χ3v) is 3.65. The van der Waals surface area contributed by atoms with Crippen molar-refractivity contribution in [2.24, 2.45) is 0 Å². The Labute approximate surface area is 115 Å². The third-order valence-electron chi connectivity index (χ3n) is 2.69. The molecule has 0 bridgehead atoms. The molecule has 0 saturated carbocycles. The molecule has 0 spiro atoms. The van der Waals surface area contributed by atoms with E-state index in [1.165, 1.54) is 0 Å². The zero-order valence-corrected chi connectivity index (χ0v) is 12.0. The fourth-order valence-corrected chi connectivity index (χ4v) is 2.60. The van der Waals surface area contributed by atoms with Crippen LogP contribution < -0.4 is 5.32 Å². The molecule has 1 aromatic rings. The second-order valence-electron chi connectivity index (χ2n) is 3.90. The van der Waals surface area contributed by atoms with Crippen molar-refractivity contribution < 1.29 is 4.74 Å². The topological polar surface area (TPSA) is 21.3 Å². The number of halogens is 2. The lowest BCUT2D eigenvalue weighted by Crippen LogP contribution is -2.23. The number of likely N-dealkylation sites (N-methyl/N-ethyl adjacent to an activating group) is 1. The highest BCUT2D eigenvalue weighted by molar-refractivity contribution is 9.10. The molecule has 1 unspecified atom stereocenters. The second kappa shape index (κ2) is 5.89. The number of hydrogen-bond donors (Lipinski definition) is 1. The van der Waals surface area contributed by atoms with Gasteiger partial charge in [-0.25, -0.2) is 0 Å². The minimum atomic E-state index is 0.0792. The fourth-order valence-electron chi connectivity index (χ4n) is 1.94. The summed E-state index contributed by atoms with van der Waals surface area (Å²) in [5.41, 5.74) is 1.12. The van der Waals surface area contributed by atoms with Crippen LogP contribution in [0, 0.1) is 0 Å². The van der Waals surface area contributed by atoms with Gasteiger partial charge in [-0.05, 0) is 36.4 Å². The predicted octanol–water partition coefficient (Wildman–Crippen LogP) is 4.06. The summed E-state index contributed by atoms with van der Waals surface area (Å²) < 4.78 is 6.70. The number of ether oxygens (including phenoxy) is 1. The molecular formula is C13H15BrClNO. The monoisotopic (exact) mass is 315 g/mol. The van der Waals surface area contributed by atoms with Crippen LogP contribution in [0.5, 0.6) is 0 Å². The van der Waals surface area contributed by atoms with Crippen LogP contribution in [0.3, 0.4) is 0 Å². The Kier molecular flexibility index (Phi) is 4.48. The minimum absolute atomic E-state index is 0.0792. The van der Waals surface area contributed by atoms with Crippen LogP contribution in [-0.4, -0.2) is 13.2 Å². The Morgan fingerprint density at radius 3 is 3.00 bits per heavy atom. The van der Waals surface area contributed by atoms with Crippen molar-refractivity contribution in [2.45, 2.75) is 19.4 Å². The van der Waals surface area contributed by atoms with E-state index in [9.17, 15) is 0 Å². The van der Waals surface area contributed by atoms with E-state index in [2.05, 4.69) is 34.2 Å². The third kappa shape index (κ3) is 3.03. The van der Waals surface area contributed by atoms with Gasteiger partial charge in [0.05, 0.1) is 12.6 Å². The van der Waals surface area contributed by atoms with Gasteiger partial charge < -0.3 is 10.1 Å². The first-order valence-electron chi connectivity index (χ1n) is 5.73. The number of hydrogen-bond acceptors (Lipinski definition) is 2. The van der Waals surface area contributed by atoms with Crippen molar-refractivity contribution >= 4 is 27.5 Å². The van der Waals surface area contributed by atoms with E-state index in [4.69, 9.17) is 16.3 Å². The van der Waals surface area contributed by atoms with Crippen LogP contribution in [0.25, 0.3) is 0 Å². The maximum Gasteiger partial charge on any atom is 0.114 e. The van der Waals surface area contributed by atoms with Crippen molar-refractivity contribution in [1.82, 2.24) is 5.32 Å². The highest BCUT2D eigenvalue weighted by atomic mass is 79.9. The lowest BCUT2D eigenvalue weighted by Gasteiger charge is -2.21. The van der Waals surface area contributed by atoms with E-state index in [-0.39, 0.29) is 6.04 Å². The number of nitrogens with one attached hydrogen (secondary N) is 1. The molecule has 0 fully saturated rings. The van der Waals surface area contributed by atoms with E-state index in [0.717, 1.165) is 40.4 Å². The van der Waals surface area contributed by atoms with Gasteiger partial charge in [0.25, 0.3) is 0 Å². The van der Waals surface area contributed by atoms with Crippen LogP contribution in [0.1, 0.15) is 24.9 Å². The zero-order chi connectivity index (χ0) is 12.3. The molecule has 0 aliphatic carbocycles. The molecule has 2 rings (SSSR count). The Balaban J connectivity index is 2.34. The first-order valence-corrected chi connectivity index (χ1v) is 6.90. The van der Waals surface area contributed by atoms with E-state index >= 15 is 0 Å². The van der Waals surface area contributed by atoms with E-state index in [1.807, 2.05) is 18.2 Å². The lowest BCUT2D eigenvalue weighted by molar-refractivity contribution is 0.216. The summed E-state index contributed by atoms with van der Waals surface area (Å²) in [4.78, 5) is 0. The number of benzene rings is 1. The van der Waals surface area contributed by atoms with Crippen molar-refractivity contribution in [3.05, 3.63) is 45.1 Å². The second-order valence-corrected chi connectivity index (χ2v) is 5.19. The highest BCUT2D eigenvalue weighted by Crippen LogP contribution is 2.33. The molecule has 0 aromatic heterocycles. The first kappa shape index (κ1) is 12.9. The Bertz CT molecular complexity index is 433. The predicted molar refractivity (Wildman–Crippen MR) is 74.2 cm³/mol. The molecule has 1 aliphatic heterocycles. The van der Waals surface area contributed by atoms with Crippen molar-refractivity contribution in [1.29, 1.82) is 0 Å².